The minimum atomic E-state index is 0.978. The lowest BCUT2D eigenvalue weighted by Crippen LogP contribution is -1.78. The fourth-order valence-electron chi connectivity index (χ4n) is 1.04. The summed E-state index contributed by atoms with van der Waals surface area (Å²) < 4.78 is 0. The molecule has 11 heavy (non-hydrogen) atoms. The lowest BCUT2D eigenvalue weighted by Gasteiger charge is -1.96. The standard InChI is InChI=1S/C10H15N/c1-2-3-7-10-8-5-4-6-9-11-10/h4-5,8-9H,2-3,6-7H2,1H3. The molecular formula is C10H15N. The molecule has 1 aliphatic heterocycles. The van der Waals surface area contributed by atoms with Crippen LogP contribution in [0.15, 0.2) is 28.9 Å². The van der Waals surface area contributed by atoms with E-state index in [1.54, 1.807) is 0 Å². The largest absolute Gasteiger partial charge is 0.265 e. The van der Waals surface area contributed by atoms with Crippen molar-refractivity contribution in [2.75, 3.05) is 0 Å². The lowest BCUT2D eigenvalue weighted by atomic mass is 10.2. The molecule has 1 heterocycles. The van der Waals surface area contributed by atoms with Crippen molar-refractivity contribution in [1.29, 1.82) is 0 Å². The van der Waals surface area contributed by atoms with E-state index in [1.807, 2.05) is 6.21 Å². The van der Waals surface area contributed by atoms with Gasteiger partial charge in [0.1, 0.15) is 0 Å². The quantitative estimate of drug-likeness (QED) is 0.584. The number of nitrogens with zero attached hydrogens (tertiary/aromatic N) is 1. The Bertz CT molecular complexity index is 187. The Morgan fingerprint density at radius 2 is 2.45 bits per heavy atom. The summed E-state index contributed by atoms with van der Waals surface area (Å²) >= 11 is 0. The fraction of sp³-hybridized carbons (Fsp3) is 0.500. The summed E-state index contributed by atoms with van der Waals surface area (Å²) in [4.78, 5) is 4.33. The van der Waals surface area contributed by atoms with Gasteiger partial charge in [0.25, 0.3) is 0 Å². The second kappa shape index (κ2) is 4.89. The number of unbranched alkanes of at least 4 members (excludes halogenated alkanes) is 1. The van der Waals surface area contributed by atoms with E-state index in [4.69, 9.17) is 0 Å². The maximum atomic E-state index is 4.33. The van der Waals surface area contributed by atoms with Crippen LogP contribution in [0.5, 0.6) is 0 Å². The van der Waals surface area contributed by atoms with Gasteiger partial charge in [0, 0.05) is 18.3 Å². The third-order valence-corrected chi connectivity index (χ3v) is 1.71. The molecule has 0 saturated heterocycles. The van der Waals surface area contributed by atoms with Gasteiger partial charge in [0.15, 0.2) is 0 Å². The van der Waals surface area contributed by atoms with Crippen molar-refractivity contribution in [2.24, 2.45) is 4.99 Å². The van der Waals surface area contributed by atoms with E-state index in [0.717, 1.165) is 12.8 Å². The van der Waals surface area contributed by atoms with Crippen molar-refractivity contribution >= 4 is 6.21 Å². The van der Waals surface area contributed by atoms with Crippen molar-refractivity contribution < 1.29 is 0 Å². The van der Waals surface area contributed by atoms with Gasteiger partial charge in [0.2, 0.25) is 0 Å². The molecule has 1 aliphatic rings. The Kier molecular flexibility index (Phi) is 3.67. The average Bonchev–Trinajstić information content (AvgIpc) is 2.28. The number of rotatable bonds is 3. The van der Waals surface area contributed by atoms with Crippen LogP contribution >= 0.6 is 0 Å². The van der Waals surface area contributed by atoms with Crippen molar-refractivity contribution in [1.82, 2.24) is 0 Å². The van der Waals surface area contributed by atoms with Crippen LogP contribution < -0.4 is 0 Å². The van der Waals surface area contributed by atoms with Crippen molar-refractivity contribution in [3.63, 3.8) is 0 Å². The topological polar surface area (TPSA) is 12.4 Å². The first-order valence-electron chi connectivity index (χ1n) is 4.31. The van der Waals surface area contributed by atoms with Crippen LogP contribution in [0, 0.1) is 0 Å². The molecule has 0 aromatic carbocycles. The lowest BCUT2D eigenvalue weighted by molar-refractivity contribution is 0.782. The molecule has 0 aromatic rings. The number of hydrogen-bond donors (Lipinski definition) is 0. The minimum Gasteiger partial charge on any atom is -0.265 e. The summed E-state index contributed by atoms with van der Waals surface area (Å²) in [6, 6.07) is 0. The molecule has 0 N–H and O–H groups in total. The summed E-state index contributed by atoms with van der Waals surface area (Å²) in [5.41, 5.74) is 1.22. The van der Waals surface area contributed by atoms with Gasteiger partial charge in [-0.2, -0.15) is 0 Å². The molecule has 1 nitrogen and oxygen atoms in total. The molecule has 1 rings (SSSR count). The van der Waals surface area contributed by atoms with Gasteiger partial charge in [-0.3, -0.25) is 4.99 Å². The first kappa shape index (κ1) is 8.25. The van der Waals surface area contributed by atoms with Crippen LogP contribution in [-0.4, -0.2) is 6.21 Å². The van der Waals surface area contributed by atoms with Gasteiger partial charge in [-0.15, -0.1) is 0 Å². The molecule has 0 bridgehead atoms. The molecule has 0 saturated carbocycles. The summed E-state index contributed by atoms with van der Waals surface area (Å²) in [5.74, 6) is 0. The number of hydrogen-bond acceptors (Lipinski definition) is 1. The molecule has 0 unspecified atom stereocenters. The highest BCUT2D eigenvalue weighted by molar-refractivity contribution is 5.62. The van der Waals surface area contributed by atoms with Gasteiger partial charge in [-0.25, -0.2) is 0 Å². The van der Waals surface area contributed by atoms with E-state index in [-0.39, 0.29) is 0 Å². The van der Waals surface area contributed by atoms with Crippen molar-refractivity contribution in [3.8, 4) is 0 Å². The predicted molar refractivity (Wildman–Crippen MR) is 49.9 cm³/mol. The number of aliphatic imine (C=N–C) groups is 1. The maximum absolute atomic E-state index is 4.33. The van der Waals surface area contributed by atoms with Crippen molar-refractivity contribution in [3.05, 3.63) is 23.9 Å². The van der Waals surface area contributed by atoms with E-state index in [1.165, 1.54) is 18.5 Å². The molecule has 0 aliphatic carbocycles. The molecule has 0 radical (unpaired) electrons. The second-order valence-corrected chi connectivity index (χ2v) is 2.74. The normalized spacial score (nSPS) is 16.3. The monoisotopic (exact) mass is 149 g/mol. The summed E-state index contributed by atoms with van der Waals surface area (Å²) in [6.07, 6.45) is 12.9. The Morgan fingerprint density at radius 1 is 1.55 bits per heavy atom. The third kappa shape index (κ3) is 3.17. The fourth-order valence-corrected chi connectivity index (χ4v) is 1.04. The second-order valence-electron chi connectivity index (χ2n) is 2.74. The predicted octanol–water partition coefficient (Wildman–Crippen LogP) is 3.09. The zero-order chi connectivity index (χ0) is 7.94. The smallest absolute Gasteiger partial charge is 0.0399 e. The molecule has 0 atom stereocenters. The SMILES string of the molecule is CCCCC1=CC=CCC=N1. The molecule has 1 heteroatoms. The van der Waals surface area contributed by atoms with E-state index < -0.39 is 0 Å². The van der Waals surface area contributed by atoms with Crippen LogP contribution in [-0.2, 0) is 0 Å². The minimum absolute atomic E-state index is 0.978. The Balaban J connectivity index is 2.42. The van der Waals surface area contributed by atoms with Crippen LogP contribution in [0.3, 0.4) is 0 Å². The summed E-state index contributed by atoms with van der Waals surface area (Å²) in [6.45, 7) is 2.21. The van der Waals surface area contributed by atoms with Crippen LogP contribution in [0.2, 0.25) is 0 Å². The van der Waals surface area contributed by atoms with Crippen molar-refractivity contribution in [2.45, 2.75) is 32.6 Å². The highest BCUT2D eigenvalue weighted by Crippen LogP contribution is 2.10. The maximum Gasteiger partial charge on any atom is 0.0399 e. The van der Waals surface area contributed by atoms with Crippen LogP contribution in [0.25, 0.3) is 0 Å². The van der Waals surface area contributed by atoms with Gasteiger partial charge < -0.3 is 0 Å². The molecular weight excluding hydrogens is 134 g/mol. The molecule has 0 fully saturated rings. The van der Waals surface area contributed by atoms with Crippen LogP contribution in [0.1, 0.15) is 32.6 Å². The average molecular weight is 149 g/mol. The summed E-state index contributed by atoms with van der Waals surface area (Å²) in [5, 5.41) is 0. The van der Waals surface area contributed by atoms with Gasteiger partial charge in [0.05, 0.1) is 0 Å². The van der Waals surface area contributed by atoms with Gasteiger partial charge in [-0.05, 0) is 18.9 Å². The third-order valence-electron chi connectivity index (χ3n) is 1.71. The zero-order valence-electron chi connectivity index (χ0n) is 7.09. The Morgan fingerprint density at radius 3 is 3.27 bits per heavy atom. The Hall–Kier alpha value is -0.850. The highest BCUT2D eigenvalue weighted by atomic mass is 14.7. The summed E-state index contributed by atoms with van der Waals surface area (Å²) in [7, 11) is 0. The number of allylic oxidation sites excluding steroid dienone is 4. The van der Waals surface area contributed by atoms with E-state index >= 15 is 0 Å². The molecule has 0 aromatic heterocycles. The molecule has 0 amide bonds. The van der Waals surface area contributed by atoms with E-state index in [9.17, 15) is 0 Å². The molecule has 0 spiro atoms. The van der Waals surface area contributed by atoms with Crippen LogP contribution in [0.4, 0.5) is 0 Å². The first-order valence-corrected chi connectivity index (χ1v) is 4.31. The van der Waals surface area contributed by atoms with Gasteiger partial charge >= 0.3 is 0 Å². The van der Waals surface area contributed by atoms with E-state index in [0.29, 0.717) is 0 Å². The highest BCUT2D eigenvalue weighted by Gasteiger charge is 1.92. The zero-order valence-corrected chi connectivity index (χ0v) is 7.09. The molecule has 60 valence electrons. The van der Waals surface area contributed by atoms with E-state index in [2.05, 4.69) is 30.1 Å². The van der Waals surface area contributed by atoms with Gasteiger partial charge in [-0.1, -0.05) is 25.5 Å². The first-order chi connectivity index (χ1) is 5.43. The Labute approximate surface area is 68.5 Å².